The van der Waals surface area contributed by atoms with E-state index in [9.17, 15) is 10.1 Å². The Kier molecular flexibility index (Phi) is 5.57. The molecule has 0 radical (unpaired) electrons. The van der Waals surface area contributed by atoms with Crippen LogP contribution in [0.3, 0.4) is 0 Å². The number of hydrogen-bond donors (Lipinski definition) is 0. The molecule has 0 unspecified atom stereocenters. The molecule has 13 heavy (non-hydrogen) atoms. The third-order valence-corrected chi connectivity index (χ3v) is 1.59. The summed E-state index contributed by atoms with van der Waals surface area (Å²) in [7, 11) is 1.61. The van der Waals surface area contributed by atoms with E-state index in [4.69, 9.17) is 9.47 Å². The number of rotatable bonds is 7. The van der Waals surface area contributed by atoms with E-state index in [0.717, 1.165) is 6.42 Å². The van der Waals surface area contributed by atoms with E-state index in [-0.39, 0.29) is 11.5 Å². The van der Waals surface area contributed by atoms with Crippen LogP contribution in [-0.2, 0) is 9.47 Å². The van der Waals surface area contributed by atoms with Crippen molar-refractivity contribution in [3.05, 3.63) is 10.1 Å². The monoisotopic (exact) mass is 191 g/mol. The van der Waals surface area contributed by atoms with Gasteiger partial charge in [-0.3, -0.25) is 10.1 Å². The second kappa shape index (κ2) is 5.88. The maximum Gasteiger partial charge on any atom is 0.239 e. The molecule has 0 spiro atoms. The minimum Gasteiger partial charge on any atom is -0.385 e. The molecule has 5 heteroatoms. The average Bonchev–Trinajstić information content (AvgIpc) is 2.03. The van der Waals surface area contributed by atoms with Crippen molar-refractivity contribution < 1.29 is 14.4 Å². The molecular formula is C8H17NO4. The van der Waals surface area contributed by atoms with Crippen LogP contribution in [0.5, 0.6) is 0 Å². The fourth-order valence-corrected chi connectivity index (χ4v) is 0.680. The van der Waals surface area contributed by atoms with Crippen LogP contribution in [0.4, 0.5) is 0 Å². The lowest BCUT2D eigenvalue weighted by Gasteiger charge is -2.15. The fourth-order valence-electron chi connectivity index (χ4n) is 0.680. The second-order valence-electron chi connectivity index (χ2n) is 3.47. The van der Waals surface area contributed by atoms with Crippen LogP contribution < -0.4 is 0 Å². The molecule has 78 valence electrons. The Bertz CT molecular complexity index is 158. The van der Waals surface area contributed by atoms with Gasteiger partial charge in [-0.05, 0) is 6.42 Å². The van der Waals surface area contributed by atoms with Crippen molar-refractivity contribution >= 4 is 0 Å². The van der Waals surface area contributed by atoms with Gasteiger partial charge in [0.25, 0.3) is 0 Å². The zero-order chi connectivity index (χ0) is 10.3. The maximum absolute atomic E-state index is 10.4. The van der Waals surface area contributed by atoms with Crippen LogP contribution in [0.25, 0.3) is 0 Å². The first kappa shape index (κ1) is 12.3. The van der Waals surface area contributed by atoms with Crippen LogP contribution in [0, 0.1) is 10.1 Å². The van der Waals surface area contributed by atoms with Gasteiger partial charge >= 0.3 is 0 Å². The predicted octanol–water partition coefficient (Wildman–Crippen LogP) is 1.09. The van der Waals surface area contributed by atoms with E-state index >= 15 is 0 Å². The molecule has 0 aromatic carbocycles. The molecule has 0 amide bonds. The van der Waals surface area contributed by atoms with Gasteiger partial charge in [0.15, 0.2) is 0 Å². The maximum atomic E-state index is 10.4. The summed E-state index contributed by atoms with van der Waals surface area (Å²) in [5.41, 5.74) is -0.993. The summed E-state index contributed by atoms with van der Waals surface area (Å²) in [4.78, 5) is 10.1. The highest BCUT2D eigenvalue weighted by molar-refractivity contribution is 4.64. The zero-order valence-electron chi connectivity index (χ0n) is 8.41. The van der Waals surface area contributed by atoms with Crippen LogP contribution in [0.15, 0.2) is 0 Å². The zero-order valence-corrected chi connectivity index (χ0v) is 8.41. The summed E-state index contributed by atoms with van der Waals surface area (Å²) in [6.07, 6.45) is 0.768. The normalized spacial score (nSPS) is 11.6. The predicted molar refractivity (Wildman–Crippen MR) is 48.4 cm³/mol. The van der Waals surface area contributed by atoms with E-state index in [1.54, 1.807) is 21.0 Å². The standard InChI is InChI=1S/C8H17NO4/c1-8(2,9(10)11)7-13-6-4-5-12-3/h4-7H2,1-3H3. The highest BCUT2D eigenvalue weighted by atomic mass is 16.6. The van der Waals surface area contributed by atoms with E-state index in [1.807, 2.05) is 0 Å². The molecule has 0 aliphatic rings. The molecule has 0 saturated heterocycles. The molecule has 0 bridgehead atoms. The van der Waals surface area contributed by atoms with Gasteiger partial charge in [-0.25, -0.2) is 0 Å². The van der Waals surface area contributed by atoms with Crippen molar-refractivity contribution in [2.45, 2.75) is 25.8 Å². The first-order valence-electron chi connectivity index (χ1n) is 4.22. The van der Waals surface area contributed by atoms with Gasteiger partial charge < -0.3 is 9.47 Å². The van der Waals surface area contributed by atoms with Crippen LogP contribution in [0.2, 0.25) is 0 Å². The number of nitrogens with zero attached hydrogens (tertiary/aromatic N) is 1. The summed E-state index contributed by atoms with van der Waals surface area (Å²) in [6.45, 7) is 4.36. The highest BCUT2D eigenvalue weighted by Crippen LogP contribution is 2.07. The van der Waals surface area contributed by atoms with Crippen molar-refractivity contribution in [2.24, 2.45) is 0 Å². The summed E-state index contributed by atoms with van der Waals surface area (Å²) >= 11 is 0. The molecule has 0 aliphatic heterocycles. The summed E-state index contributed by atoms with van der Waals surface area (Å²) in [5.74, 6) is 0. The quantitative estimate of drug-likeness (QED) is 0.343. The SMILES string of the molecule is COCCCOCC(C)(C)[N+](=O)[O-]. The fraction of sp³-hybridized carbons (Fsp3) is 1.00. The number of nitro groups is 1. The molecule has 0 saturated carbocycles. The van der Waals surface area contributed by atoms with Gasteiger partial charge in [-0.1, -0.05) is 0 Å². The summed E-state index contributed by atoms with van der Waals surface area (Å²) < 4.78 is 9.95. The highest BCUT2D eigenvalue weighted by Gasteiger charge is 2.30. The lowest BCUT2D eigenvalue weighted by atomic mass is 10.1. The van der Waals surface area contributed by atoms with Crippen molar-refractivity contribution in [3.63, 3.8) is 0 Å². The van der Waals surface area contributed by atoms with Crippen molar-refractivity contribution in [1.82, 2.24) is 0 Å². The molecule has 0 fully saturated rings. The Labute approximate surface area is 78.2 Å². The Hall–Kier alpha value is -0.680. The van der Waals surface area contributed by atoms with Crippen molar-refractivity contribution in [3.8, 4) is 0 Å². The Morgan fingerprint density at radius 3 is 2.46 bits per heavy atom. The molecule has 0 rings (SSSR count). The summed E-state index contributed by atoms with van der Waals surface area (Å²) in [6, 6.07) is 0. The second-order valence-corrected chi connectivity index (χ2v) is 3.47. The van der Waals surface area contributed by atoms with Gasteiger partial charge in [-0.2, -0.15) is 0 Å². The van der Waals surface area contributed by atoms with Gasteiger partial charge in [0.1, 0.15) is 6.61 Å². The van der Waals surface area contributed by atoms with Gasteiger partial charge in [0, 0.05) is 39.1 Å². The van der Waals surface area contributed by atoms with Crippen LogP contribution in [0.1, 0.15) is 20.3 Å². The Morgan fingerprint density at radius 1 is 1.38 bits per heavy atom. The van der Waals surface area contributed by atoms with E-state index in [0.29, 0.717) is 13.2 Å². The van der Waals surface area contributed by atoms with E-state index in [1.165, 1.54) is 0 Å². The van der Waals surface area contributed by atoms with Gasteiger partial charge in [0.05, 0.1) is 0 Å². The minimum atomic E-state index is -0.993. The molecular weight excluding hydrogens is 174 g/mol. The molecule has 0 atom stereocenters. The number of methoxy groups -OCH3 is 1. The first-order valence-corrected chi connectivity index (χ1v) is 4.22. The lowest BCUT2D eigenvalue weighted by Crippen LogP contribution is -2.36. The third kappa shape index (κ3) is 5.54. The average molecular weight is 191 g/mol. The number of hydrogen-bond acceptors (Lipinski definition) is 4. The molecule has 0 heterocycles. The van der Waals surface area contributed by atoms with Crippen LogP contribution in [-0.4, -0.2) is 37.4 Å². The Morgan fingerprint density at radius 2 is 2.00 bits per heavy atom. The largest absolute Gasteiger partial charge is 0.385 e. The smallest absolute Gasteiger partial charge is 0.239 e. The van der Waals surface area contributed by atoms with Crippen molar-refractivity contribution in [1.29, 1.82) is 0 Å². The van der Waals surface area contributed by atoms with Crippen molar-refractivity contribution in [2.75, 3.05) is 26.9 Å². The molecule has 5 nitrogen and oxygen atoms in total. The molecule has 0 N–H and O–H groups in total. The van der Waals surface area contributed by atoms with Gasteiger partial charge in [0.2, 0.25) is 5.54 Å². The molecule has 0 aromatic heterocycles. The summed E-state index contributed by atoms with van der Waals surface area (Å²) in [5, 5.41) is 10.4. The van der Waals surface area contributed by atoms with Crippen LogP contribution >= 0.6 is 0 Å². The Balaban J connectivity index is 3.46. The molecule has 0 aromatic rings. The number of ether oxygens (including phenoxy) is 2. The topological polar surface area (TPSA) is 61.6 Å². The molecule has 0 aliphatic carbocycles. The van der Waals surface area contributed by atoms with E-state index < -0.39 is 5.54 Å². The first-order chi connectivity index (χ1) is 6.00. The third-order valence-electron chi connectivity index (χ3n) is 1.59. The van der Waals surface area contributed by atoms with Gasteiger partial charge in [-0.15, -0.1) is 0 Å². The van der Waals surface area contributed by atoms with E-state index in [2.05, 4.69) is 0 Å². The minimum absolute atomic E-state index is 0.143. The lowest BCUT2D eigenvalue weighted by molar-refractivity contribution is -0.564.